The first-order valence-electron chi connectivity index (χ1n) is 5.62. The number of carbonyl (C=O) groups is 2. The normalized spacial score (nSPS) is 26.6. The Labute approximate surface area is 93.8 Å². The van der Waals surface area contributed by atoms with Crippen molar-refractivity contribution in [1.29, 1.82) is 0 Å². The minimum absolute atomic E-state index is 0.0651. The van der Waals surface area contributed by atoms with Crippen molar-refractivity contribution in [2.24, 2.45) is 5.41 Å². The summed E-state index contributed by atoms with van der Waals surface area (Å²) in [6.07, 6.45) is 2.53. The number of nitrogens with one attached hydrogen (secondary N) is 1. The van der Waals surface area contributed by atoms with Gasteiger partial charge >= 0.3 is 0 Å². The quantitative estimate of drug-likeness (QED) is 0.723. The van der Waals surface area contributed by atoms with Crippen LogP contribution < -0.4 is 5.32 Å². The topological polar surface area (TPSA) is 46.2 Å². The summed E-state index contributed by atoms with van der Waals surface area (Å²) in [4.78, 5) is 23.4. The fourth-order valence-electron chi connectivity index (χ4n) is 2.44. The number of hydrogen-bond acceptors (Lipinski definition) is 2. The second-order valence-corrected chi connectivity index (χ2v) is 4.77. The Morgan fingerprint density at radius 2 is 1.81 bits per heavy atom. The summed E-state index contributed by atoms with van der Waals surface area (Å²) in [5.74, 6) is -0.361. The van der Waals surface area contributed by atoms with Crippen LogP contribution in [0.2, 0.25) is 0 Å². The molecule has 2 fully saturated rings. The van der Waals surface area contributed by atoms with Crippen molar-refractivity contribution >= 4 is 11.8 Å². The average molecular weight is 215 g/mol. The van der Waals surface area contributed by atoms with E-state index in [0.717, 1.165) is 18.4 Å². The van der Waals surface area contributed by atoms with Gasteiger partial charge in [-0.2, -0.15) is 0 Å². The molecule has 1 N–H and O–H groups in total. The van der Waals surface area contributed by atoms with Crippen LogP contribution in [0.4, 0.5) is 0 Å². The second-order valence-electron chi connectivity index (χ2n) is 4.77. The zero-order valence-corrected chi connectivity index (χ0v) is 8.90. The minimum Gasteiger partial charge on any atom is -0.295 e. The first kappa shape index (κ1) is 9.58. The van der Waals surface area contributed by atoms with E-state index < -0.39 is 0 Å². The molecule has 1 unspecified atom stereocenters. The van der Waals surface area contributed by atoms with Crippen molar-refractivity contribution in [1.82, 2.24) is 5.32 Å². The van der Waals surface area contributed by atoms with Gasteiger partial charge in [0.15, 0.2) is 0 Å². The van der Waals surface area contributed by atoms with E-state index in [0.29, 0.717) is 6.42 Å². The highest BCUT2D eigenvalue weighted by Crippen LogP contribution is 2.54. The molecular weight excluding hydrogens is 202 g/mol. The van der Waals surface area contributed by atoms with Crippen molar-refractivity contribution in [3.63, 3.8) is 0 Å². The highest BCUT2D eigenvalue weighted by Gasteiger charge is 2.55. The molecule has 3 nitrogen and oxygen atoms in total. The average Bonchev–Trinajstić information content (AvgIpc) is 3.06. The number of carbonyl (C=O) groups excluding carboxylic acids is 2. The lowest BCUT2D eigenvalue weighted by atomic mass is 9.82. The van der Waals surface area contributed by atoms with Crippen molar-refractivity contribution in [2.75, 3.05) is 0 Å². The van der Waals surface area contributed by atoms with Crippen molar-refractivity contribution < 1.29 is 9.59 Å². The molecule has 1 aromatic rings. The lowest BCUT2D eigenvalue weighted by Gasteiger charge is -2.27. The Morgan fingerprint density at radius 1 is 1.12 bits per heavy atom. The molecule has 0 aromatic heterocycles. The van der Waals surface area contributed by atoms with Gasteiger partial charge in [-0.05, 0) is 24.8 Å². The predicted octanol–water partition coefficient (Wildman–Crippen LogP) is 1.60. The van der Waals surface area contributed by atoms with E-state index in [2.05, 4.69) is 5.32 Å². The summed E-state index contributed by atoms with van der Waals surface area (Å²) < 4.78 is 0. The molecule has 2 amide bonds. The maximum Gasteiger partial charge on any atom is 0.234 e. The predicted molar refractivity (Wildman–Crippen MR) is 58.6 cm³/mol. The third-order valence-corrected chi connectivity index (χ3v) is 3.69. The van der Waals surface area contributed by atoms with E-state index in [4.69, 9.17) is 0 Å². The monoisotopic (exact) mass is 215 g/mol. The first-order valence-corrected chi connectivity index (χ1v) is 5.62. The van der Waals surface area contributed by atoms with Gasteiger partial charge in [0.1, 0.15) is 0 Å². The molecule has 3 rings (SSSR count). The summed E-state index contributed by atoms with van der Waals surface area (Å²) in [5, 5.41) is 2.50. The Bertz CT molecular complexity index is 448. The number of imide groups is 1. The van der Waals surface area contributed by atoms with Crippen molar-refractivity contribution in [3.8, 4) is 0 Å². The largest absolute Gasteiger partial charge is 0.295 e. The summed E-state index contributed by atoms with van der Waals surface area (Å²) in [6.45, 7) is 0. The highest BCUT2D eigenvalue weighted by molar-refractivity contribution is 6.04. The third-order valence-electron chi connectivity index (χ3n) is 3.69. The van der Waals surface area contributed by atoms with Gasteiger partial charge in [0.25, 0.3) is 0 Å². The highest BCUT2D eigenvalue weighted by atomic mass is 16.2. The van der Waals surface area contributed by atoms with Crippen LogP contribution >= 0.6 is 0 Å². The maximum absolute atomic E-state index is 11.8. The number of hydrogen-bond donors (Lipinski definition) is 1. The van der Waals surface area contributed by atoms with Gasteiger partial charge in [0.2, 0.25) is 11.8 Å². The van der Waals surface area contributed by atoms with Crippen LogP contribution in [0.25, 0.3) is 0 Å². The van der Waals surface area contributed by atoms with E-state index in [9.17, 15) is 9.59 Å². The molecule has 1 aromatic carbocycles. The van der Waals surface area contributed by atoms with Gasteiger partial charge in [0, 0.05) is 0 Å². The Balaban J connectivity index is 1.91. The molecule has 1 heterocycles. The fraction of sp³-hybridized carbons (Fsp3) is 0.385. The lowest BCUT2D eigenvalue weighted by molar-refractivity contribution is -0.138. The summed E-state index contributed by atoms with van der Waals surface area (Å²) >= 11 is 0. The SMILES string of the molecule is O=C1NC(=O)C2(CC2)CC1c1ccccc1. The number of rotatable bonds is 1. The first-order chi connectivity index (χ1) is 7.71. The van der Waals surface area contributed by atoms with Gasteiger partial charge in [-0.25, -0.2) is 0 Å². The van der Waals surface area contributed by atoms with Gasteiger partial charge in [-0.1, -0.05) is 30.3 Å². The maximum atomic E-state index is 11.8. The molecular formula is C13H13NO2. The molecule has 1 saturated heterocycles. The molecule has 16 heavy (non-hydrogen) atoms. The molecule has 0 radical (unpaired) electrons. The van der Waals surface area contributed by atoms with Gasteiger partial charge in [0.05, 0.1) is 11.3 Å². The molecule has 0 bridgehead atoms. The number of amides is 2. The molecule has 1 aliphatic heterocycles. The molecule has 2 aliphatic rings. The Hall–Kier alpha value is -1.64. The third kappa shape index (κ3) is 1.35. The Kier molecular flexibility index (Phi) is 1.90. The van der Waals surface area contributed by atoms with E-state index in [-0.39, 0.29) is 23.1 Å². The van der Waals surface area contributed by atoms with Gasteiger partial charge < -0.3 is 0 Å². The zero-order chi connectivity index (χ0) is 11.2. The van der Waals surface area contributed by atoms with Crippen molar-refractivity contribution in [3.05, 3.63) is 35.9 Å². The van der Waals surface area contributed by atoms with Crippen LogP contribution in [-0.4, -0.2) is 11.8 Å². The van der Waals surface area contributed by atoms with Crippen LogP contribution in [0.15, 0.2) is 30.3 Å². The summed E-state index contributed by atoms with van der Waals surface area (Å²) in [5.41, 5.74) is 0.785. The molecule has 1 saturated carbocycles. The van der Waals surface area contributed by atoms with Crippen molar-refractivity contribution in [2.45, 2.75) is 25.2 Å². The summed E-state index contributed by atoms with van der Waals surface area (Å²) in [7, 11) is 0. The molecule has 3 heteroatoms. The lowest BCUT2D eigenvalue weighted by Crippen LogP contribution is -2.46. The van der Waals surface area contributed by atoms with E-state index >= 15 is 0 Å². The molecule has 1 spiro atoms. The smallest absolute Gasteiger partial charge is 0.234 e. The van der Waals surface area contributed by atoms with Crippen LogP contribution in [-0.2, 0) is 9.59 Å². The van der Waals surface area contributed by atoms with E-state index in [1.165, 1.54) is 0 Å². The van der Waals surface area contributed by atoms with Gasteiger partial charge in [-0.15, -0.1) is 0 Å². The van der Waals surface area contributed by atoms with Crippen LogP contribution in [0.3, 0.4) is 0 Å². The minimum atomic E-state index is -0.228. The van der Waals surface area contributed by atoms with Gasteiger partial charge in [-0.3, -0.25) is 14.9 Å². The zero-order valence-electron chi connectivity index (χ0n) is 8.90. The number of piperidine rings is 1. The summed E-state index contributed by atoms with van der Waals surface area (Å²) in [6, 6.07) is 9.70. The van der Waals surface area contributed by atoms with E-state index in [1.54, 1.807) is 0 Å². The molecule has 1 atom stereocenters. The molecule has 82 valence electrons. The Morgan fingerprint density at radius 3 is 2.44 bits per heavy atom. The second kappa shape index (κ2) is 3.17. The van der Waals surface area contributed by atoms with Crippen LogP contribution in [0.5, 0.6) is 0 Å². The van der Waals surface area contributed by atoms with E-state index in [1.807, 2.05) is 30.3 Å². The fourth-order valence-corrected chi connectivity index (χ4v) is 2.44. The molecule has 1 aliphatic carbocycles. The van der Waals surface area contributed by atoms with Crippen LogP contribution in [0, 0.1) is 5.41 Å². The standard InChI is InChI=1S/C13H13NO2/c15-11-10(9-4-2-1-3-5-9)8-13(6-7-13)12(16)14-11/h1-5,10H,6-8H2,(H,14,15,16). The van der Waals surface area contributed by atoms with Crippen LogP contribution in [0.1, 0.15) is 30.7 Å². The number of benzene rings is 1.